The highest BCUT2D eigenvalue weighted by atomic mass is 79.9. The van der Waals surface area contributed by atoms with Crippen LogP contribution in [0, 0.1) is 0 Å². The van der Waals surface area contributed by atoms with Crippen molar-refractivity contribution in [2.24, 2.45) is 0 Å². The van der Waals surface area contributed by atoms with E-state index < -0.39 is 0 Å². The van der Waals surface area contributed by atoms with Crippen LogP contribution in [0.3, 0.4) is 0 Å². The molecule has 6 heteroatoms. The number of rotatable bonds is 7. The third kappa shape index (κ3) is 5.69. The molecule has 0 atom stereocenters. The zero-order valence-electron chi connectivity index (χ0n) is 13.1. The molecule has 0 unspecified atom stereocenters. The van der Waals surface area contributed by atoms with Crippen LogP contribution in [0.15, 0.2) is 63.6 Å². The maximum absolute atomic E-state index is 12.1. The minimum absolute atomic E-state index is 0.102. The number of nitrogens with one attached hydrogen (secondary N) is 1. The van der Waals surface area contributed by atoms with Gasteiger partial charge in [0.1, 0.15) is 18.1 Å². The number of hydrogen-bond donors (Lipinski definition) is 1. The summed E-state index contributed by atoms with van der Waals surface area (Å²) in [7, 11) is 0. The Bertz CT molecular complexity index is 747. The van der Waals surface area contributed by atoms with E-state index in [1.807, 2.05) is 31.2 Å². The Morgan fingerprint density at radius 1 is 1.08 bits per heavy atom. The van der Waals surface area contributed by atoms with E-state index in [1.165, 1.54) is 0 Å². The monoisotopic (exact) mass is 453 g/mol. The van der Waals surface area contributed by atoms with Gasteiger partial charge in [0.05, 0.1) is 10.2 Å². The number of para-hydroxylation sites is 2. The van der Waals surface area contributed by atoms with Crippen LogP contribution in [0.5, 0.6) is 11.5 Å². The van der Waals surface area contributed by atoms with Crippen molar-refractivity contribution in [2.75, 3.05) is 18.5 Å². The highest BCUT2D eigenvalue weighted by Gasteiger charge is 2.10. The minimum atomic E-state index is -0.267. The molecule has 0 radical (unpaired) electrons. The van der Waals surface area contributed by atoms with Crippen LogP contribution in [-0.4, -0.2) is 19.1 Å². The molecule has 126 valence electrons. The normalized spacial score (nSPS) is 10.1. The van der Waals surface area contributed by atoms with Gasteiger partial charge in [-0.25, -0.2) is 0 Å². The van der Waals surface area contributed by atoms with Crippen molar-refractivity contribution in [1.29, 1.82) is 0 Å². The summed E-state index contributed by atoms with van der Waals surface area (Å²) in [5, 5.41) is 2.79. The minimum Gasteiger partial charge on any atom is -0.487 e. The zero-order chi connectivity index (χ0) is 17.5. The molecule has 0 aromatic heterocycles. The van der Waals surface area contributed by atoms with Crippen molar-refractivity contribution in [1.82, 2.24) is 0 Å². The molecule has 1 amide bonds. The summed E-state index contributed by atoms with van der Waals surface area (Å²) in [4.78, 5) is 12.1. The molecular formula is C18H17Br2NO3. The fraction of sp³-hybridized carbons (Fsp3) is 0.167. The van der Waals surface area contributed by atoms with Gasteiger partial charge in [-0.1, -0.05) is 34.6 Å². The predicted octanol–water partition coefficient (Wildman–Crippen LogP) is 5.18. The maximum atomic E-state index is 12.1. The molecule has 2 aromatic carbocycles. The van der Waals surface area contributed by atoms with Gasteiger partial charge in [-0.05, 0) is 58.8 Å². The second-order valence-electron chi connectivity index (χ2n) is 5.15. The van der Waals surface area contributed by atoms with Gasteiger partial charge in [0.15, 0.2) is 6.61 Å². The van der Waals surface area contributed by atoms with E-state index in [1.54, 1.807) is 18.2 Å². The molecule has 0 aliphatic rings. The highest BCUT2D eigenvalue weighted by molar-refractivity contribution is 9.11. The average molecular weight is 455 g/mol. The van der Waals surface area contributed by atoms with Crippen LogP contribution < -0.4 is 14.8 Å². The van der Waals surface area contributed by atoms with Crippen LogP contribution >= 0.6 is 31.9 Å². The SMILES string of the molecule is C=C(C)COc1ccccc1NC(=O)COc1ccc(Br)cc1Br. The molecular weight excluding hydrogens is 438 g/mol. The number of carbonyl (C=O) groups excluding carboxylic acids is 1. The Morgan fingerprint density at radius 3 is 2.50 bits per heavy atom. The van der Waals surface area contributed by atoms with Gasteiger partial charge in [0.25, 0.3) is 5.91 Å². The van der Waals surface area contributed by atoms with Gasteiger partial charge in [-0.3, -0.25) is 4.79 Å². The van der Waals surface area contributed by atoms with Crippen LogP contribution in [0.1, 0.15) is 6.92 Å². The average Bonchev–Trinajstić information content (AvgIpc) is 2.53. The number of hydrogen-bond acceptors (Lipinski definition) is 3. The van der Waals surface area contributed by atoms with Gasteiger partial charge in [0, 0.05) is 4.47 Å². The summed E-state index contributed by atoms with van der Waals surface area (Å²) in [5.74, 6) is 0.926. The Morgan fingerprint density at radius 2 is 1.79 bits per heavy atom. The van der Waals surface area contributed by atoms with Gasteiger partial charge in [-0.2, -0.15) is 0 Å². The van der Waals surface area contributed by atoms with E-state index in [4.69, 9.17) is 9.47 Å². The first-order valence-electron chi connectivity index (χ1n) is 7.19. The first-order valence-corrected chi connectivity index (χ1v) is 8.78. The maximum Gasteiger partial charge on any atom is 0.262 e. The molecule has 0 saturated carbocycles. The lowest BCUT2D eigenvalue weighted by atomic mass is 10.3. The van der Waals surface area contributed by atoms with Crippen molar-refractivity contribution in [3.05, 3.63) is 63.6 Å². The van der Waals surface area contributed by atoms with Crippen LogP contribution in [0.4, 0.5) is 5.69 Å². The Hall–Kier alpha value is -1.79. The molecule has 0 bridgehead atoms. The number of ether oxygens (including phenoxy) is 2. The standard InChI is InChI=1S/C18H17Br2NO3/c1-12(2)10-23-17-6-4-3-5-15(17)21-18(22)11-24-16-8-7-13(19)9-14(16)20/h3-9H,1,10-11H2,2H3,(H,21,22). The van der Waals surface area contributed by atoms with E-state index in [2.05, 4.69) is 43.8 Å². The van der Waals surface area contributed by atoms with Crippen LogP contribution in [0.2, 0.25) is 0 Å². The first-order chi connectivity index (χ1) is 11.5. The van der Waals surface area contributed by atoms with Crippen molar-refractivity contribution in [3.8, 4) is 11.5 Å². The molecule has 0 saturated heterocycles. The zero-order valence-corrected chi connectivity index (χ0v) is 16.3. The summed E-state index contributed by atoms with van der Waals surface area (Å²) in [5.41, 5.74) is 1.50. The lowest BCUT2D eigenvalue weighted by Crippen LogP contribution is -2.20. The largest absolute Gasteiger partial charge is 0.487 e. The predicted molar refractivity (Wildman–Crippen MR) is 103 cm³/mol. The third-order valence-corrected chi connectivity index (χ3v) is 4.00. The van der Waals surface area contributed by atoms with Crippen molar-refractivity contribution < 1.29 is 14.3 Å². The fourth-order valence-electron chi connectivity index (χ4n) is 1.82. The molecule has 0 spiro atoms. The number of carbonyl (C=O) groups is 1. The number of halogens is 2. The van der Waals surface area contributed by atoms with E-state index in [9.17, 15) is 4.79 Å². The molecule has 1 N–H and O–H groups in total. The number of benzene rings is 2. The second-order valence-corrected chi connectivity index (χ2v) is 6.92. The summed E-state index contributed by atoms with van der Waals surface area (Å²) in [6, 6.07) is 12.7. The lowest BCUT2D eigenvalue weighted by molar-refractivity contribution is -0.118. The molecule has 2 aromatic rings. The Balaban J connectivity index is 1.96. The summed E-state index contributed by atoms with van der Waals surface area (Å²) < 4.78 is 12.9. The Kier molecular flexibility index (Phi) is 6.87. The van der Waals surface area contributed by atoms with E-state index in [-0.39, 0.29) is 12.5 Å². The number of anilines is 1. The smallest absolute Gasteiger partial charge is 0.262 e. The fourth-order valence-corrected chi connectivity index (χ4v) is 2.98. The summed E-state index contributed by atoms with van der Waals surface area (Å²) in [6.07, 6.45) is 0. The van der Waals surface area contributed by atoms with E-state index in [0.29, 0.717) is 23.8 Å². The first kappa shape index (κ1) is 18.5. The molecule has 24 heavy (non-hydrogen) atoms. The highest BCUT2D eigenvalue weighted by Crippen LogP contribution is 2.28. The van der Waals surface area contributed by atoms with Crippen molar-refractivity contribution in [3.63, 3.8) is 0 Å². The molecule has 0 aliphatic carbocycles. The topological polar surface area (TPSA) is 47.6 Å². The molecule has 0 aliphatic heterocycles. The Labute approximate surface area is 158 Å². The van der Waals surface area contributed by atoms with Crippen LogP contribution in [-0.2, 0) is 4.79 Å². The van der Waals surface area contributed by atoms with Gasteiger partial charge in [-0.15, -0.1) is 0 Å². The molecule has 0 fully saturated rings. The summed E-state index contributed by atoms with van der Waals surface area (Å²) >= 11 is 6.76. The number of amides is 1. The summed E-state index contributed by atoms with van der Waals surface area (Å²) in [6.45, 7) is 5.97. The quantitative estimate of drug-likeness (QED) is 0.586. The molecule has 0 heterocycles. The van der Waals surface area contributed by atoms with Crippen LogP contribution in [0.25, 0.3) is 0 Å². The van der Waals surface area contributed by atoms with Crippen molar-refractivity contribution >= 4 is 43.5 Å². The second kappa shape index (κ2) is 8.89. The van der Waals surface area contributed by atoms with E-state index in [0.717, 1.165) is 14.5 Å². The lowest BCUT2D eigenvalue weighted by Gasteiger charge is -2.13. The van der Waals surface area contributed by atoms with Gasteiger partial charge >= 0.3 is 0 Å². The van der Waals surface area contributed by atoms with Gasteiger partial charge < -0.3 is 14.8 Å². The molecule has 4 nitrogen and oxygen atoms in total. The van der Waals surface area contributed by atoms with E-state index >= 15 is 0 Å². The molecule has 2 rings (SSSR count). The van der Waals surface area contributed by atoms with Gasteiger partial charge in [0.2, 0.25) is 0 Å². The van der Waals surface area contributed by atoms with Crippen molar-refractivity contribution in [2.45, 2.75) is 6.92 Å². The third-order valence-electron chi connectivity index (χ3n) is 2.89.